The Hall–Kier alpha value is -2.03. The fourth-order valence-corrected chi connectivity index (χ4v) is 4.75. The minimum Gasteiger partial charge on any atom is -0.744 e. The third-order valence-electron chi connectivity index (χ3n) is 4.99. The number of benzene rings is 3. The quantitative estimate of drug-likeness (QED) is 0.218. The topological polar surface area (TPSA) is 114 Å². The lowest BCUT2D eigenvalue weighted by Crippen LogP contribution is -2.21. The summed E-state index contributed by atoms with van der Waals surface area (Å²) in [5.41, 5.74) is -3.25. The van der Waals surface area contributed by atoms with Gasteiger partial charge in [0, 0.05) is 21.8 Å². The minimum absolute atomic E-state index is 0.115. The zero-order chi connectivity index (χ0) is 30.6. The van der Waals surface area contributed by atoms with E-state index >= 15 is 0 Å². The molecule has 0 unspecified atom stereocenters. The van der Waals surface area contributed by atoms with Crippen LogP contribution in [0, 0.1) is 20.8 Å². The van der Waals surface area contributed by atoms with Crippen molar-refractivity contribution in [2.75, 3.05) is 25.0 Å². The first-order valence-electron chi connectivity index (χ1n) is 11.0. The Labute approximate surface area is 235 Å². The van der Waals surface area contributed by atoms with Gasteiger partial charge >= 0.3 is 5.51 Å². The van der Waals surface area contributed by atoms with Crippen LogP contribution in [0.5, 0.6) is 0 Å². The molecule has 0 radical (unpaired) electrons. The van der Waals surface area contributed by atoms with Crippen LogP contribution in [0.2, 0.25) is 0 Å². The largest absolute Gasteiger partial charge is 0.744 e. The Bertz CT molecular complexity index is 1320. The van der Waals surface area contributed by atoms with Crippen LogP contribution in [-0.4, -0.2) is 56.5 Å². The van der Waals surface area contributed by atoms with Crippen molar-refractivity contribution in [3.05, 3.63) is 89.5 Å². The second kappa shape index (κ2) is 16.3. The highest BCUT2D eigenvalue weighted by molar-refractivity contribution is 7.95. The van der Waals surface area contributed by atoms with E-state index in [9.17, 15) is 26.1 Å². The van der Waals surface area contributed by atoms with Crippen LogP contribution in [0.15, 0.2) is 87.5 Å². The van der Waals surface area contributed by atoms with E-state index in [2.05, 4.69) is 85.7 Å². The average Bonchev–Trinajstić information content (AvgIpc) is 2.83. The molecule has 0 amide bonds. The molecule has 3 aromatic rings. The number of halogens is 3. The van der Waals surface area contributed by atoms with E-state index in [0.717, 1.165) is 11.1 Å². The maximum absolute atomic E-state index is 10.8. The molecule has 6 nitrogen and oxygen atoms in total. The van der Waals surface area contributed by atoms with Gasteiger partial charge in [0.15, 0.2) is 19.9 Å². The molecule has 13 heteroatoms. The van der Waals surface area contributed by atoms with E-state index in [1.807, 2.05) is 6.92 Å². The molecule has 0 saturated carbocycles. The van der Waals surface area contributed by atoms with Gasteiger partial charge in [-0.2, -0.15) is 13.2 Å². The van der Waals surface area contributed by atoms with Crippen molar-refractivity contribution in [3.63, 3.8) is 0 Å². The molecule has 3 rings (SSSR count). The summed E-state index contributed by atoms with van der Waals surface area (Å²) in [6, 6.07) is 24.1. The molecule has 0 N–H and O–H groups in total. The minimum atomic E-state index is -6.09. The van der Waals surface area contributed by atoms with E-state index in [0.29, 0.717) is 27.4 Å². The normalized spacial score (nSPS) is 11.4. The smallest absolute Gasteiger partial charge is 0.485 e. The van der Waals surface area contributed by atoms with Crippen molar-refractivity contribution < 1.29 is 39.1 Å². The maximum Gasteiger partial charge on any atom is 0.485 e. The van der Waals surface area contributed by atoms with E-state index in [-0.39, 0.29) is 4.90 Å². The maximum atomic E-state index is 10.8. The first kappa shape index (κ1) is 37.0. The highest BCUT2D eigenvalue weighted by Crippen LogP contribution is 2.21. The second-order valence-corrected chi connectivity index (χ2v) is 15.2. The summed E-state index contributed by atoms with van der Waals surface area (Å²) in [5, 5.41) is 0. The summed E-state index contributed by atoms with van der Waals surface area (Å²) in [6.07, 6.45) is 8.93. The van der Waals surface area contributed by atoms with Crippen LogP contribution < -0.4 is 0 Å². The monoisotopic (exact) mass is 626 g/mol. The van der Waals surface area contributed by atoms with Gasteiger partial charge in [-0.15, -0.1) is 0 Å². The molecule has 0 bridgehead atoms. The Kier molecular flexibility index (Phi) is 15.4. The summed E-state index contributed by atoms with van der Waals surface area (Å²) < 4.78 is 91.2. The second-order valence-electron chi connectivity index (χ2n) is 8.24. The third kappa shape index (κ3) is 14.3. The summed E-state index contributed by atoms with van der Waals surface area (Å²) >= 11 is 0. The average molecular weight is 627 g/mol. The molecule has 218 valence electrons. The van der Waals surface area contributed by atoms with Crippen LogP contribution in [0.25, 0.3) is 0 Å². The molecular weight excluding hydrogens is 594 g/mol. The Morgan fingerprint density at radius 3 is 1.18 bits per heavy atom. The van der Waals surface area contributed by atoms with Crippen molar-refractivity contribution >= 4 is 42.0 Å². The van der Waals surface area contributed by atoms with Gasteiger partial charge in [0.1, 0.15) is 35.1 Å². The molecule has 0 saturated heterocycles. The molecule has 0 aromatic heterocycles. The summed E-state index contributed by atoms with van der Waals surface area (Å²) in [6.45, 7) is 5.33. The van der Waals surface area contributed by atoms with Gasteiger partial charge in [0.2, 0.25) is 0 Å². The van der Waals surface area contributed by atoms with Crippen molar-refractivity contribution in [1.82, 2.24) is 0 Å². The van der Waals surface area contributed by atoms with Crippen molar-refractivity contribution in [3.8, 4) is 0 Å². The van der Waals surface area contributed by atoms with Crippen LogP contribution in [-0.2, 0) is 42.0 Å². The summed E-state index contributed by atoms with van der Waals surface area (Å²) in [4.78, 5) is 2.77. The highest BCUT2D eigenvalue weighted by Gasteiger charge is 2.36. The third-order valence-corrected chi connectivity index (χ3v) is 8.97. The first-order valence-corrected chi connectivity index (χ1v) is 17.9. The van der Waals surface area contributed by atoms with Crippen LogP contribution in [0.1, 0.15) is 16.7 Å². The van der Waals surface area contributed by atoms with Gasteiger partial charge in [-0.1, -0.05) is 42.5 Å². The van der Waals surface area contributed by atoms with Gasteiger partial charge in [0.05, 0.1) is 4.90 Å². The van der Waals surface area contributed by atoms with Crippen LogP contribution in [0.4, 0.5) is 13.2 Å². The molecule has 39 heavy (non-hydrogen) atoms. The fourth-order valence-electron chi connectivity index (χ4n) is 2.59. The molecule has 0 aliphatic rings. The van der Waals surface area contributed by atoms with Crippen molar-refractivity contribution in [2.24, 2.45) is 0 Å². The fraction of sp³-hybridized carbons (Fsp3) is 0.308. The highest BCUT2D eigenvalue weighted by atomic mass is 32.2. The standard InChI is InChI=1S/C9H12O3S.2C8H11S.CHF3O3S/c1-6-4-5-9(13(10,11)12)8(3)7(6)2;2*1-9(2)8-6-4-3-5-7-8;2-1(3,4)8(5,6)7/h4-5H,1-3H3,(H,10,11,12);2*3-7H,1-2H3;(H,5,6,7)/q;2*+1;/p-2. The molecule has 0 aliphatic carbocycles. The zero-order valence-electron chi connectivity index (χ0n) is 22.6. The molecule has 0 heterocycles. The molecular formula is C26H33F3O6S4. The van der Waals surface area contributed by atoms with Gasteiger partial charge in [-0.05, 0) is 67.8 Å². The predicted molar refractivity (Wildman–Crippen MR) is 152 cm³/mol. The van der Waals surface area contributed by atoms with Crippen LogP contribution in [0.3, 0.4) is 0 Å². The van der Waals surface area contributed by atoms with E-state index < -0.39 is 25.7 Å². The van der Waals surface area contributed by atoms with Crippen molar-refractivity contribution in [2.45, 2.75) is 41.0 Å². The molecule has 0 aliphatic heterocycles. The summed E-state index contributed by atoms with van der Waals surface area (Å²) in [5.74, 6) is 0. The lowest BCUT2D eigenvalue weighted by Gasteiger charge is -2.13. The van der Waals surface area contributed by atoms with Crippen LogP contribution >= 0.6 is 0 Å². The van der Waals surface area contributed by atoms with E-state index in [1.54, 1.807) is 19.9 Å². The lowest BCUT2D eigenvalue weighted by atomic mass is 10.1. The summed E-state index contributed by atoms with van der Waals surface area (Å²) in [7, 11) is -9.57. The van der Waals surface area contributed by atoms with Crippen molar-refractivity contribution in [1.29, 1.82) is 0 Å². The molecule has 0 atom stereocenters. The zero-order valence-corrected chi connectivity index (χ0v) is 25.9. The first-order chi connectivity index (χ1) is 17.7. The molecule has 3 aromatic carbocycles. The Morgan fingerprint density at radius 2 is 0.949 bits per heavy atom. The van der Waals surface area contributed by atoms with Gasteiger partial charge < -0.3 is 9.11 Å². The molecule has 0 fully saturated rings. The number of alkyl halides is 3. The number of hydrogen-bond acceptors (Lipinski definition) is 6. The van der Waals surface area contributed by atoms with E-state index in [4.69, 9.17) is 13.0 Å². The van der Waals surface area contributed by atoms with E-state index in [1.165, 1.54) is 15.9 Å². The lowest BCUT2D eigenvalue weighted by molar-refractivity contribution is -0.0517. The van der Waals surface area contributed by atoms with Gasteiger partial charge in [0.25, 0.3) is 0 Å². The predicted octanol–water partition coefficient (Wildman–Crippen LogP) is 5.41. The Morgan fingerprint density at radius 1 is 0.615 bits per heavy atom. The number of hydrogen-bond donors (Lipinski definition) is 0. The molecule has 0 spiro atoms. The van der Waals surface area contributed by atoms with Gasteiger partial charge in [-0.3, -0.25) is 0 Å². The SMILES string of the molecule is C[S+](C)c1ccccc1.C[S+](C)c1ccccc1.Cc1ccc(S(=O)(=O)[O-])c(C)c1C.O=S(=O)([O-])C(F)(F)F. The number of aryl methyl sites for hydroxylation is 1. The number of rotatable bonds is 3. The Balaban J connectivity index is 0.000000504. The van der Waals surface area contributed by atoms with Gasteiger partial charge in [-0.25, -0.2) is 16.8 Å².